The van der Waals surface area contributed by atoms with Gasteiger partial charge < -0.3 is 5.11 Å². The van der Waals surface area contributed by atoms with E-state index in [0.717, 1.165) is 12.1 Å². The summed E-state index contributed by atoms with van der Waals surface area (Å²) in [4.78, 5) is 10.6. The van der Waals surface area contributed by atoms with Crippen molar-refractivity contribution in [2.45, 2.75) is 12.3 Å². The average Bonchev–Trinajstić information content (AvgIpc) is 2.78. The van der Waals surface area contributed by atoms with Gasteiger partial charge in [-0.2, -0.15) is 5.10 Å². The van der Waals surface area contributed by atoms with Gasteiger partial charge in [-0.25, -0.2) is 4.45 Å². The Labute approximate surface area is 90.0 Å². The molecular formula is C7H8IN2O2P. The Morgan fingerprint density at radius 3 is 3.08 bits per heavy atom. The van der Waals surface area contributed by atoms with Gasteiger partial charge in [0.25, 0.3) is 0 Å². The molecule has 1 aliphatic rings. The third kappa shape index (κ3) is 1.86. The smallest absolute Gasteiger partial charge is 0.307 e. The largest absolute Gasteiger partial charge is 0.481 e. The van der Waals surface area contributed by atoms with E-state index in [1.165, 1.54) is 0 Å². The highest BCUT2D eigenvalue weighted by Gasteiger charge is 2.45. The van der Waals surface area contributed by atoms with Crippen molar-refractivity contribution in [3.63, 3.8) is 0 Å². The molecule has 1 fully saturated rings. The fourth-order valence-electron chi connectivity index (χ4n) is 1.38. The van der Waals surface area contributed by atoms with Crippen LogP contribution >= 0.6 is 28.4 Å². The van der Waals surface area contributed by atoms with E-state index < -0.39 is 5.97 Å². The van der Waals surface area contributed by atoms with Gasteiger partial charge in [-0.1, -0.05) is 0 Å². The zero-order chi connectivity index (χ0) is 9.42. The van der Waals surface area contributed by atoms with Crippen molar-refractivity contribution in [2.75, 3.05) is 0 Å². The highest BCUT2D eigenvalue weighted by atomic mass is 127. The molecule has 0 aliphatic heterocycles. The lowest BCUT2D eigenvalue weighted by Crippen LogP contribution is -1.99. The molecule has 1 N–H and O–H groups in total. The number of aliphatic carboxylic acids is 1. The molecule has 2 rings (SSSR count). The Kier molecular flexibility index (Phi) is 2.55. The van der Waals surface area contributed by atoms with Gasteiger partial charge in [-0.15, -0.1) is 0 Å². The van der Waals surface area contributed by atoms with Gasteiger partial charge in [0.1, 0.15) is 0 Å². The van der Waals surface area contributed by atoms with Gasteiger partial charge in [-0.05, 0) is 34.5 Å². The Bertz CT molecular complexity index is 341. The number of carboxylic acid groups (broad SMARTS) is 1. The van der Waals surface area contributed by atoms with E-state index in [0.29, 0.717) is 6.37 Å². The Balaban J connectivity index is 2.07. The zero-order valence-electron chi connectivity index (χ0n) is 6.64. The van der Waals surface area contributed by atoms with Gasteiger partial charge in [0.2, 0.25) is 0 Å². The van der Waals surface area contributed by atoms with E-state index in [-0.39, 0.29) is 11.8 Å². The molecule has 1 aromatic rings. The Morgan fingerprint density at radius 2 is 2.62 bits per heavy atom. The van der Waals surface area contributed by atoms with Crippen molar-refractivity contribution < 1.29 is 9.90 Å². The van der Waals surface area contributed by atoms with Crippen LogP contribution in [0.5, 0.6) is 0 Å². The summed E-state index contributed by atoms with van der Waals surface area (Å²) in [6.07, 6.45) is 3.23. The number of hydrogen-bond donors (Lipinski definition) is 1. The second kappa shape index (κ2) is 3.53. The molecule has 1 aliphatic carbocycles. The van der Waals surface area contributed by atoms with E-state index >= 15 is 0 Å². The molecule has 6 heteroatoms. The SMILES string of the molecule is O=C(O)[C@@H]1C[C@H]1c1ccn(PI)n1. The molecule has 0 amide bonds. The first-order valence-electron chi connectivity index (χ1n) is 3.87. The summed E-state index contributed by atoms with van der Waals surface area (Å²) in [5.74, 6) is -0.733. The van der Waals surface area contributed by atoms with Gasteiger partial charge in [-0.3, -0.25) is 4.79 Å². The van der Waals surface area contributed by atoms with Crippen molar-refractivity contribution in [2.24, 2.45) is 5.92 Å². The number of carboxylic acids is 1. The third-order valence-electron chi connectivity index (χ3n) is 2.18. The van der Waals surface area contributed by atoms with E-state index in [9.17, 15) is 4.79 Å². The summed E-state index contributed by atoms with van der Waals surface area (Å²) in [7, 11) is 0. The Hall–Kier alpha value is -0.160. The molecule has 1 heterocycles. The maximum absolute atomic E-state index is 10.6. The van der Waals surface area contributed by atoms with Crippen molar-refractivity contribution in [3.05, 3.63) is 18.0 Å². The standard InChI is InChI=1S/C7H8IN2O2P/c8-13-10-2-1-6(9-10)4-3-5(4)7(11)12/h1-2,4-5,13H,3H2,(H,11,12)/t4-,5-/m1/s1. The number of aromatic nitrogens is 2. The van der Waals surface area contributed by atoms with E-state index in [1.54, 1.807) is 0 Å². The molecule has 0 radical (unpaired) electrons. The highest BCUT2D eigenvalue weighted by molar-refractivity contribution is 14.2. The number of hydrogen-bond acceptors (Lipinski definition) is 2. The third-order valence-corrected chi connectivity index (χ3v) is 4.09. The molecule has 1 aromatic heterocycles. The predicted octanol–water partition coefficient (Wildman–Crippen LogP) is 1.86. The molecule has 0 spiro atoms. The molecule has 4 nitrogen and oxygen atoms in total. The normalized spacial score (nSPS) is 26.8. The summed E-state index contributed by atoms with van der Waals surface area (Å²) >= 11 is 2.24. The first kappa shape index (κ1) is 9.40. The van der Waals surface area contributed by atoms with E-state index in [4.69, 9.17) is 5.11 Å². The maximum Gasteiger partial charge on any atom is 0.307 e. The van der Waals surface area contributed by atoms with Crippen LogP contribution in [0.1, 0.15) is 18.0 Å². The van der Waals surface area contributed by atoms with Crippen LogP contribution in [0.2, 0.25) is 0 Å². The average molecular weight is 310 g/mol. The van der Waals surface area contributed by atoms with Crippen LogP contribution in [-0.2, 0) is 4.79 Å². The first-order valence-corrected chi connectivity index (χ1v) is 7.93. The van der Waals surface area contributed by atoms with Gasteiger partial charge in [0.15, 0.2) is 0 Å². The summed E-state index contributed by atoms with van der Waals surface area (Å²) in [6.45, 7) is 0. The monoisotopic (exact) mass is 310 g/mol. The Morgan fingerprint density at radius 1 is 1.85 bits per heavy atom. The fraction of sp³-hybridized carbons (Fsp3) is 0.429. The quantitative estimate of drug-likeness (QED) is 0.685. The molecule has 1 saturated carbocycles. The fourth-order valence-corrected chi connectivity index (χ4v) is 2.47. The van der Waals surface area contributed by atoms with Crippen molar-refractivity contribution in [3.8, 4) is 0 Å². The van der Waals surface area contributed by atoms with Gasteiger partial charge >= 0.3 is 5.97 Å². The van der Waals surface area contributed by atoms with Crippen molar-refractivity contribution in [1.29, 1.82) is 0 Å². The van der Waals surface area contributed by atoms with Crippen LogP contribution in [0.4, 0.5) is 0 Å². The zero-order valence-corrected chi connectivity index (χ0v) is 9.80. The summed E-state index contributed by atoms with van der Waals surface area (Å²) < 4.78 is 1.84. The molecule has 0 aromatic carbocycles. The molecule has 3 atom stereocenters. The second-order valence-electron chi connectivity index (χ2n) is 3.06. The van der Waals surface area contributed by atoms with Crippen LogP contribution in [0.3, 0.4) is 0 Å². The minimum atomic E-state index is -0.698. The number of rotatable bonds is 3. The van der Waals surface area contributed by atoms with Gasteiger partial charge in [0.05, 0.1) is 18.0 Å². The molecule has 13 heavy (non-hydrogen) atoms. The van der Waals surface area contributed by atoms with Crippen LogP contribution in [0, 0.1) is 5.92 Å². The minimum Gasteiger partial charge on any atom is -0.481 e. The van der Waals surface area contributed by atoms with Crippen LogP contribution in [0.25, 0.3) is 0 Å². The van der Waals surface area contributed by atoms with Crippen LogP contribution in [0.15, 0.2) is 12.3 Å². The van der Waals surface area contributed by atoms with Crippen LogP contribution in [-0.4, -0.2) is 20.6 Å². The van der Waals surface area contributed by atoms with Crippen molar-refractivity contribution >= 4 is 34.4 Å². The lowest BCUT2D eigenvalue weighted by molar-refractivity contribution is -0.138. The summed E-state index contributed by atoms with van der Waals surface area (Å²) in [5, 5.41) is 13.0. The minimum absolute atomic E-state index is 0.159. The summed E-state index contributed by atoms with van der Waals surface area (Å²) in [6, 6.07) is 1.92. The molecule has 0 bridgehead atoms. The lowest BCUT2D eigenvalue weighted by atomic mass is 10.2. The maximum atomic E-state index is 10.6. The predicted molar refractivity (Wildman–Crippen MR) is 58.4 cm³/mol. The molecule has 0 saturated heterocycles. The molecule has 1 unspecified atom stereocenters. The van der Waals surface area contributed by atoms with Crippen molar-refractivity contribution in [1.82, 2.24) is 9.55 Å². The topological polar surface area (TPSA) is 55.1 Å². The molecule has 70 valence electrons. The number of carbonyl (C=O) groups is 1. The molecular weight excluding hydrogens is 302 g/mol. The van der Waals surface area contributed by atoms with E-state index in [2.05, 4.69) is 27.1 Å². The van der Waals surface area contributed by atoms with Crippen LogP contribution < -0.4 is 0 Å². The number of nitrogens with zero attached hydrogens (tertiary/aromatic N) is 2. The van der Waals surface area contributed by atoms with E-state index in [1.807, 2.05) is 16.7 Å². The number of halogens is 1. The summed E-state index contributed by atoms with van der Waals surface area (Å²) in [5.41, 5.74) is 0.927. The highest BCUT2D eigenvalue weighted by Crippen LogP contribution is 2.47. The lowest BCUT2D eigenvalue weighted by Gasteiger charge is -1.92. The second-order valence-corrected chi connectivity index (χ2v) is 5.13. The first-order chi connectivity index (χ1) is 6.22. The van der Waals surface area contributed by atoms with Gasteiger partial charge in [0, 0.05) is 12.1 Å².